The number of hydrogen-bond donors (Lipinski definition) is 2. The number of esters is 1. The van der Waals surface area contributed by atoms with Crippen LogP contribution in [0.3, 0.4) is 0 Å². The number of nitrogen functional groups attached to an aromatic ring is 1. The molecule has 1 fully saturated rings. The van der Waals surface area contributed by atoms with Crippen molar-refractivity contribution in [3.63, 3.8) is 0 Å². The predicted octanol–water partition coefficient (Wildman–Crippen LogP) is 3.98. The van der Waals surface area contributed by atoms with Crippen LogP contribution in [0.2, 0.25) is 5.02 Å². The Labute approximate surface area is 203 Å². The number of hydrogen-bond acceptors (Lipinski definition) is 7. The van der Waals surface area contributed by atoms with Crippen molar-refractivity contribution < 1.29 is 23.5 Å². The van der Waals surface area contributed by atoms with Gasteiger partial charge in [-0.3, -0.25) is 4.57 Å². The third-order valence-electron chi connectivity index (χ3n) is 5.20. The quantitative estimate of drug-likeness (QED) is 0.583. The van der Waals surface area contributed by atoms with Crippen LogP contribution in [0.25, 0.3) is 0 Å². The lowest BCUT2D eigenvalue weighted by molar-refractivity contribution is 0.0495. The largest absolute Gasteiger partial charge is 0.461 e. The van der Waals surface area contributed by atoms with Gasteiger partial charge >= 0.3 is 12.1 Å². The fourth-order valence-electron chi connectivity index (χ4n) is 3.85. The van der Waals surface area contributed by atoms with Crippen LogP contribution in [0.5, 0.6) is 0 Å². The van der Waals surface area contributed by atoms with Crippen molar-refractivity contribution in [1.29, 1.82) is 0 Å². The normalized spacial score (nSPS) is 16.3. The first kappa shape index (κ1) is 25.6. The summed E-state index contributed by atoms with van der Waals surface area (Å²) >= 11 is 6.29. The van der Waals surface area contributed by atoms with E-state index < -0.39 is 23.5 Å². The van der Waals surface area contributed by atoms with Crippen molar-refractivity contribution in [2.75, 3.05) is 30.3 Å². The van der Waals surface area contributed by atoms with Crippen LogP contribution in [0.1, 0.15) is 56.6 Å². The average molecular weight is 496 g/mol. The highest BCUT2D eigenvalue weighted by atomic mass is 35.5. The van der Waals surface area contributed by atoms with Gasteiger partial charge in [0, 0.05) is 24.2 Å². The maximum atomic E-state index is 13.9. The third kappa shape index (κ3) is 6.31. The molecule has 1 aliphatic heterocycles. The summed E-state index contributed by atoms with van der Waals surface area (Å²) in [7, 11) is 0. The lowest BCUT2D eigenvalue weighted by Gasteiger charge is -2.34. The number of benzene rings is 1. The Hall–Kier alpha value is -3.01. The number of nitrogens with two attached hydrogens (primary N) is 1. The van der Waals surface area contributed by atoms with Gasteiger partial charge in [-0.15, -0.1) is 0 Å². The van der Waals surface area contributed by atoms with Gasteiger partial charge in [0.2, 0.25) is 5.95 Å². The monoisotopic (exact) mass is 495 g/mol. The number of piperidine rings is 1. The fourth-order valence-corrected chi connectivity index (χ4v) is 4.03. The molecule has 0 spiro atoms. The van der Waals surface area contributed by atoms with E-state index in [4.69, 9.17) is 26.8 Å². The second-order valence-corrected chi connectivity index (χ2v) is 9.53. The summed E-state index contributed by atoms with van der Waals surface area (Å²) < 4.78 is 26.1. The summed E-state index contributed by atoms with van der Waals surface area (Å²) in [5.74, 6) is -0.669. The van der Waals surface area contributed by atoms with Gasteiger partial charge in [-0.1, -0.05) is 11.6 Å². The molecule has 3 rings (SSSR count). The van der Waals surface area contributed by atoms with E-state index >= 15 is 0 Å². The molecule has 0 radical (unpaired) electrons. The van der Waals surface area contributed by atoms with Gasteiger partial charge in [-0.25, -0.2) is 14.0 Å². The third-order valence-corrected chi connectivity index (χ3v) is 5.57. The second-order valence-electron chi connectivity index (χ2n) is 9.12. The van der Waals surface area contributed by atoms with Crippen molar-refractivity contribution in [3.8, 4) is 0 Å². The lowest BCUT2D eigenvalue weighted by Crippen LogP contribution is -2.49. The van der Waals surface area contributed by atoms with Crippen molar-refractivity contribution in [1.82, 2.24) is 14.9 Å². The van der Waals surface area contributed by atoms with Gasteiger partial charge < -0.3 is 25.4 Å². The van der Waals surface area contributed by atoms with Crippen molar-refractivity contribution in [2.45, 2.75) is 58.7 Å². The summed E-state index contributed by atoms with van der Waals surface area (Å²) in [6.45, 7) is 8.36. The zero-order valence-corrected chi connectivity index (χ0v) is 20.6. The standard InChI is InChI=1S/C23H31ClFN5O4/c1-5-33-20(31)18-19(26)28-21(30(18)12-14-11-15(25)8-9-17(14)24)29-10-6-7-16(13-29)27-22(32)34-23(2,3)4/h8-9,11,16H,5-7,10,12-13,26H2,1-4H3,(H,27,32)/t16-/m1/s1. The Bertz CT molecular complexity index is 1050. The maximum Gasteiger partial charge on any atom is 0.407 e. The molecule has 1 atom stereocenters. The number of carbonyl (C=O) groups is 2. The second kappa shape index (κ2) is 10.5. The number of rotatable bonds is 6. The van der Waals surface area contributed by atoms with E-state index in [1.807, 2.05) is 4.90 Å². The molecule has 1 amide bonds. The number of alkyl carbamates (subject to hydrolysis) is 1. The molecule has 34 heavy (non-hydrogen) atoms. The molecule has 0 saturated carbocycles. The van der Waals surface area contributed by atoms with Crippen molar-refractivity contribution in [3.05, 3.63) is 40.3 Å². The zero-order chi connectivity index (χ0) is 25.0. The topological polar surface area (TPSA) is 112 Å². The van der Waals surface area contributed by atoms with Crippen LogP contribution in [0.4, 0.5) is 21.0 Å². The Balaban J connectivity index is 1.92. The van der Waals surface area contributed by atoms with E-state index in [9.17, 15) is 14.0 Å². The minimum atomic E-state index is -0.633. The van der Waals surface area contributed by atoms with Crippen LogP contribution in [0.15, 0.2) is 18.2 Å². The molecule has 0 unspecified atom stereocenters. The first-order chi connectivity index (χ1) is 16.0. The molecule has 2 heterocycles. The van der Waals surface area contributed by atoms with Crippen LogP contribution >= 0.6 is 11.6 Å². The van der Waals surface area contributed by atoms with Gasteiger partial charge in [-0.05, 0) is 64.3 Å². The first-order valence-electron chi connectivity index (χ1n) is 11.2. The van der Waals surface area contributed by atoms with E-state index in [-0.39, 0.29) is 30.7 Å². The summed E-state index contributed by atoms with van der Waals surface area (Å²) in [6, 6.07) is 3.83. The predicted molar refractivity (Wildman–Crippen MR) is 128 cm³/mol. The van der Waals surface area contributed by atoms with Gasteiger partial charge in [-0.2, -0.15) is 4.98 Å². The Morgan fingerprint density at radius 2 is 2.09 bits per heavy atom. The van der Waals surface area contributed by atoms with E-state index in [1.165, 1.54) is 18.2 Å². The van der Waals surface area contributed by atoms with E-state index in [1.54, 1.807) is 32.3 Å². The molecule has 1 aromatic heterocycles. The number of halogens is 2. The number of nitrogens with zero attached hydrogens (tertiary/aromatic N) is 3. The van der Waals surface area contributed by atoms with Gasteiger partial charge in [0.25, 0.3) is 0 Å². The van der Waals surface area contributed by atoms with Crippen molar-refractivity contribution >= 4 is 35.4 Å². The molecule has 0 bridgehead atoms. The van der Waals surface area contributed by atoms with E-state index in [2.05, 4.69) is 10.3 Å². The maximum absolute atomic E-state index is 13.9. The SMILES string of the molecule is CCOC(=O)c1c(N)nc(N2CCC[C@@H](NC(=O)OC(C)(C)C)C2)n1Cc1cc(F)ccc1Cl. The smallest absolute Gasteiger partial charge is 0.407 e. The van der Waals surface area contributed by atoms with E-state index in [0.717, 1.165) is 12.8 Å². The van der Waals surface area contributed by atoms with Crippen LogP contribution < -0.4 is 16.0 Å². The lowest BCUT2D eigenvalue weighted by atomic mass is 10.1. The van der Waals surface area contributed by atoms with Gasteiger partial charge in [0.15, 0.2) is 11.5 Å². The molecule has 9 nitrogen and oxygen atoms in total. The number of amides is 1. The highest BCUT2D eigenvalue weighted by molar-refractivity contribution is 6.31. The van der Waals surface area contributed by atoms with Crippen LogP contribution in [0, 0.1) is 5.82 Å². The number of ether oxygens (including phenoxy) is 2. The number of carbonyl (C=O) groups excluding carboxylic acids is 2. The van der Waals surface area contributed by atoms with E-state index in [0.29, 0.717) is 29.6 Å². The van der Waals surface area contributed by atoms with Crippen LogP contribution in [-0.2, 0) is 16.0 Å². The van der Waals surface area contributed by atoms with Gasteiger partial charge in [0.1, 0.15) is 11.4 Å². The van der Waals surface area contributed by atoms with Crippen molar-refractivity contribution in [2.24, 2.45) is 0 Å². The number of imidazole rings is 1. The number of anilines is 2. The fraction of sp³-hybridized carbons (Fsp3) is 0.522. The minimum absolute atomic E-state index is 0.00296. The molecule has 2 aromatic rings. The first-order valence-corrected chi connectivity index (χ1v) is 11.6. The van der Waals surface area contributed by atoms with Crippen LogP contribution in [-0.4, -0.2) is 53.0 Å². The van der Waals surface area contributed by atoms with Gasteiger partial charge in [0.05, 0.1) is 13.2 Å². The molecular formula is C23H31ClFN5O4. The minimum Gasteiger partial charge on any atom is -0.461 e. The summed E-state index contributed by atoms with van der Waals surface area (Å²) in [5, 5.41) is 3.24. The molecular weight excluding hydrogens is 465 g/mol. The summed E-state index contributed by atoms with van der Waals surface area (Å²) in [4.78, 5) is 31.3. The molecule has 1 aromatic carbocycles. The zero-order valence-electron chi connectivity index (χ0n) is 19.9. The Morgan fingerprint density at radius 3 is 2.76 bits per heavy atom. The molecule has 1 saturated heterocycles. The Kier molecular flexibility index (Phi) is 7.91. The summed E-state index contributed by atoms with van der Waals surface area (Å²) in [5.41, 5.74) is 6.05. The Morgan fingerprint density at radius 1 is 1.35 bits per heavy atom. The molecule has 1 aliphatic rings. The average Bonchev–Trinajstić information content (AvgIpc) is 3.05. The molecule has 186 valence electrons. The highest BCUT2D eigenvalue weighted by Crippen LogP contribution is 2.28. The number of nitrogens with one attached hydrogen (secondary N) is 1. The molecule has 0 aliphatic carbocycles. The molecule has 3 N–H and O–H groups in total. The highest BCUT2D eigenvalue weighted by Gasteiger charge is 2.30. The summed E-state index contributed by atoms with van der Waals surface area (Å²) in [6.07, 6.45) is 1.02. The molecule has 11 heteroatoms. The number of aromatic nitrogens is 2.